The number of amidine groups is 1. The SMILES string of the molecule is CN(CC1(CC(N)=NO)CC1)C1CCCCC1O. The molecule has 2 atom stereocenters. The van der Waals surface area contributed by atoms with Gasteiger partial charge in [0.25, 0.3) is 0 Å². The lowest BCUT2D eigenvalue weighted by Crippen LogP contribution is -2.46. The number of hydrogen-bond donors (Lipinski definition) is 3. The molecule has 0 amide bonds. The smallest absolute Gasteiger partial charge is 0.139 e. The zero-order chi connectivity index (χ0) is 13.2. The molecule has 0 aromatic rings. The van der Waals surface area contributed by atoms with Gasteiger partial charge >= 0.3 is 0 Å². The maximum atomic E-state index is 10.1. The van der Waals surface area contributed by atoms with Crippen molar-refractivity contribution in [3.05, 3.63) is 0 Å². The van der Waals surface area contributed by atoms with Crippen molar-refractivity contribution in [1.82, 2.24) is 4.90 Å². The highest BCUT2D eigenvalue weighted by Gasteiger charge is 2.45. The van der Waals surface area contributed by atoms with Gasteiger partial charge in [0.2, 0.25) is 0 Å². The summed E-state index contributed by atoms with van der Waals surface area (Å²) in [6.45, 7) is 0.935. The minimum atomic E-state index is -0.191. The Morgan fingerprint density at radius 1 is 1.39 bits per heavy atom. The lowest BCUT2D eigenvalue weighted by Gasteiger charge is -2.37. The first-order valence-corrected chi connectivity index (χ1v) is 6.91. The molecule has 0 aromatic carbocycles. The van der Waals surface area contributed by atoms with Crippen LogP contribution in [-0.4, -0.2) is 46.8 Å². The summed E-state index contributed by atoms with van der Waals surface area (Å²) in [4.78, 5) is 2.28. The summed E-state index contributed by atoms with van der Waals surface area (Å²) >= 11 is 0. The highest BCUT2D eigenvalue weighted by molar-refractivity contribution is 5.80. The molecule has 2 fully saturated rings. The number of nitrogens with zero attached hydrogens (tertiary/aromatic N) is 2. The minimum Gasteiger partial charge on any atom is -0.409 e. The molecule has 0 aliphatic heterocycles. The summed E-state index contributed by atoms with van der Waals surface area (Å²) in [5.41, 5.74) is 5.80. The van der Waals surface area contributed by atoms with Gasteiger partial charge in [0.05, 0.1) is 6.10 Å². The molecule has 2 aliphatic carbocycles. The number of rotatable bonds is 5. The second kappa shape index (κ2) is 5.45. The Balaban J connectivity index is 1.88. The van der Waals surface area contributed by atoms with E-state index in [0.717, 1.165) is 38.6 Å². The maximum absolute atomic E-state index is 10.1. The number of aliphatic hydroxyl groups excluding tert-OH is 1. The molecule has 0 radical (unpaired) electrons. The summed E-state index contributed by atoms with van der Waals surface area (Å²) in [6.07, 6.45) is 7.09. The van der Waals surface area contributed by atoms with Crippen molar-refractivity contribution in [3.8, 4) is 0 Å². The number of oxime groups is 1. The zero-order valence-electron chi connectivity index (χ0n) is 11.2. The van der Waals surface area contributed by atoms with Gasteiger partial charge in [-0.2, -0.15) is 0 Å². The van der Waals surface area contributed by atoms with Crippen LogP contribution in [0, 0.1) is 5.41 Å². The van der Waals surface area contributed by atoms with Gasteiger partial charge in [-0.15, -0.1) is 0 Å². The average molecular weight is 255 g/mol. The summed E-state index contributed by atoms with van der Waals surface area (Å²) < 4.78 is 0. The van der Waals surface area contributed by atoms with Gasteiger partial charge in [-0.3, -0.25) is 0 Å². The van der Waals surface area contributed by atoms with Crippen LogP contribution in [0.1, 0.15) is 44.9 Å². The first kappa shape index (κ1) is 13.6. The van der Waals surface area contributed by atoms with Crippen molar-refractivity contribution in [2.24, 2.45) is 16.3 Å². The molecule has 0 aromatic heterocycles. The van der Waals surface area contributed by atoms with Gasteiger partial charge in [0, 0.05) is 19.0 Å². The first-order valence-electron chi connectivity index (χ1n) is 6.91. The van der Waals surface area contributed by atoms with E-state index in [9.17, 15) is 5.11 Å². The van der Waals surface area contributed by atoms with E-state index in [-0.39, 0.29) is 17.6 Å². The third-order valence-corrected chi connectivity index (χ3v) is 4.49. The minimum absolute atomic E-state index is 0.183. The molecule has 0 heterocycles. The fourth-order valence-electron chi connectivity index (χ4n) is 3.24. The van der Waals surface area contributed by atoms with Crippen molar-refractivity contribution in [2.75, 3.05) is 13.6 Å². The highest BCUT2D eigenvalue weighted by Crippen LogP contribution is 2.49. The quantitative estimate of drug-likeness (QED) is 0.298. The van der Waals surface area contributed by atoms with E-state index >= 15 is 0 Å². The Bertz CT molecular complexity index is 315. The molecule has 2 saturated carbocycles. The predicted molar refractivity (Wildman–Crippen MR) is 70.6 cm³/mol. The third kappa shape index (κ3) is 3.14. The summed E-state index contributed by atoms with van der Waals surface area (Å²) in [5.74, 6) is 0.324. The van der Waals surface area contributed by atoms with Gasteiger partial charge in [-0.1, -0.05) is 18.0 Å². The van der Waals surface area contributed by atoms with Crippen LogP contribution in [0.25, 0.3) is 0 Å². The average Bonchev–Trinajstić information content (AvgIpc) is 3.08. The Morgan fingerprint density at radius 3 is 2.61 bits per heavy atom. The molecule has 0 saturated heterocycles. The Morgan fingerprint density at radius 2 is 2.06 bits per heavy atom. The fraction of sp³-hybridized carbons (Fsp3) is 0.923. The molecule has 0 bridgehead atoms. The van der Waals surface area contributed by atoms with E-state index in [2.05, 4.69) is 17.1 Å². The molecule has 2 rings (SSSR count). The standard InChI is InChI=1S/C13H25N3O2/c1-16(10-4-2-3-5-11(10)17)9-13(6-7-13)8-12(14)15-18/h10-11,17-18H,2-9H2,1H3,(H2,14,15). The van der Waals surface area contributed by atoms with Gasteiger partial charge < -0.3 is 20.9 Å². The van der Waals surface area contributed by atoms with E-state index in [0.29, 0.717) is 12.3 Å². The summed E-state index contributed by atoms with van der Waals surface area (Å²) in [6, 6.07) is 0.281. The third-order valence-electron chi connectivity index (χ3n) is 4.49. The number of nitrogens with two attached hydrogens (primary N) is 1. The molecular weight excluding hydrogens is 230 g/mol. The number of likely N-dealkylation sites (N-methyl/N-ethyl adjacent to an activating group) is 1. The van der Waals surface area contributed by atoms with Crippen molar-refractivity contribution in [1.29, 1.82) is 0 Å². The Kier molecular flexibility index (Phi) is 4.12. The second-order valence-electron chi connectivity index (χ2n) is 6.10. The molecule has 2 unspecified atom stereocenters. The molecule has 4 N–H and O–H groups in total. The topological polar surface area (TPSA) is 82.1 Å². The van der Waals surface area contributed by atoms with Gasteiger partial charge in [0.15, 0.2) is 0 Å². The number of aliphatic hydroxyl groups is 1. The molecule has 18 heavy (non-hydrogen) atoms. The van der Waals surface area contributed by atoms with Crippen molar-refractivity contribution in [3.63, 3.8) is 0 Å². The second-order valence-corrected chi connectivity index (χ2v) is 6.10. The zero-order valence-corrected chi connectivity index (χ0v) is 11.2. The normalized spacial score (nSPS) is 31.6. The highest BCUT2D eigenvalue weighted by atomic mass is 16.4. The molecule has 0 spiro atoms. The first-order chi connectivity index (χ1) is 8.56. The van der Waals surface area contributed by atoms with Gasteiger partial charge in [-0.25, -0.2) is 0 Å². The van der Waals surface area contributed by atoms with E-state index < -0.39 is 0 Å². The largest absolute Gasteiger partial charge is 0.409 e. The van der Waals surface area contributed by atoms with Gasteiger partial charge in [-0.05, 0) is 38.1 Å². The lowest BCUT2D eigenvalue weighted by molar-refractivity contribution is 0.0240. The van der Waals surface area contributed by atoms with Crippen molar-refractivity contribution in [2.45, 2.75) is 57.1 Å². The number of hydrogen-bond acceptors (Lipinski definition) is 4. The van der Waals surface area contributed by atoms with Crippen LogP contribution in [0.4, 0.5) is 0 Å². The Hall–Kier alpha value is -0.810. The molecular formula is C13H25N3O2. The summed E-state index contributed by atoms with van der Waals surface area (Å²) in [5, 5.41) is 21.8. The molecule has 104 valence electrons. The molecule has 5 nitrogen and oxygen atoms in total. The van der Waals surface area contributed by atoms with Crippen LogP contribution in [0.15, 0.2) is 5.16 Å². The molecule has 5 heteroatoms. The monoisotopic (exact) mass is 255 g/mol. The fourth-order valence-corrected chi connectivity index (χ4v) is 3.24. The molecule has 2 aliphatic rings. The van der Waals surface area contributed by atoms with Crippen LogP contribution in [-0.2, 0) is 0 Å². The van der Waals surface area contributed by atoms with Crippen LogP contribution in [0.2, 0.25) is 0 Å². The predicted octanol–water partition coefficient (Wildman–Crippen LogP) is 1.14. The van der Waals surface area contributed by atoms with Crippen LogP contribution in [0.5, 0.6) is 0 Å². The van der Waals surface area contributed by atoms with E-state index in [1.807, 2.05) is 0 Å². The maximum Gasteiger partial charge on any atom is 0.139 e. The lowest BCUT2D eigenvalue weighted by atomic mass is 9.90. The van der Waals surface area contributed by atoms with Gasteiger partial charge in [0.1, 0.15) is 5.84 Å². The van der Waals surface area contributed by atoms with Crippen LogP contribution >= 0.6 is 0 Å². The Labute approximate surface area is 109 Å². The van der Waals surface area contributed by atoms with E-state index in [1.54, 1.807) is 0 Å². The van der Waals surface area contributed by atoms with E-state index in [1.165, 1.54) is 6.42 Å². The van der Waals surface area contributed by atoms with Crippen molar-refractivity contribution < 1.29 is 10.3 Å². The van der Waals surface area contributed by atoms with E-state index in [4.69, 9.17) is 10.9 Å². The van der Waals surface area contributed by atoms with Crippen LogP contribution < -0.4 is 5.73 Å². The summed E-state index contributed by atoms with van der Waals surface area (Å²) in [7, 11) is 2.09. The van der Waals surface area contributed by atoms with Crippen molar-refractivity contribution >= 4 is 5.84 Å². The van der Waals surface area contributed by atoms with Crippen LogP contribution in [0.3, 0.4) is 0 Å².